The number of carbonyl (C=O) groups is 2. The van der Waals surface area contributed by atoms with E-state index in [1.807, 2.05) is 0 Å². The van der Waals surface area contributed by atoms with Gasteiger partial charge in [-0.25, -0.2) is 0 Å². The summed E-state index contributed by atoms with van der Waals surface area (Å²) in [6, 6.07) is 6.97. The molecule has 0 spiro atoms. The van der Waals surface area contributed by atoms with Crippen LogP contribution in [-0.4, -0.2) is 19.2 Å². The van der Waals surface area contributed by atoms with Crippen LogP contribution < -0.4 is 4.52 Å². The van der Waals surface area contributed by atoms with E-state index < -0.39 is 5.97 Å². The average Bonchev–Trinajstić information content (AvgIpc) is 2.30. The predicted octanol–water partition coefficient (Wildman–Crippen LogP) is 1.07. The Morgan fingerprint density at radius 2 is 2.00 bits per heavy atom. The van der Waals surface area contributed by atoms with E-state index in [1.54, 1.807) is 24.3 Å². The fraction of sp³-hybridized carbons (Fsp3) is 0.200. The fourth-order valence-corrected chi connectivity index (χ4v) is 1.19. The molecule has 1 rings (SSSR count). The van der Waals surface area contributed by atoms with Crippen LogP contribution >= 0.6 is 9.47 Å². The summed E-state index contributed by atoms with van der Waals surface area (Å²) in [5.41, 5.74) is 0.793. The number of hydrogen-bond donors (Lipinski definition) is 0. The van der Waals surface area contributed by atoms with Crippen molar-refractivity contribution in [2.24, 2.45) is 0 Å². The molecule has 86 valence electrons. The monoisotopic (exact) mass is 242 g/mol. The third kappa shape index (κ3) is 4.28. The SMILES string of the molecule is O=COCOC(=O)Cc1ccc(OP)cc1. The van der Waals surface area contributed by atoms with Crippen molar-refractivity contribution in [3.8, 4) is 5.75 Å². The van der Waals surface area contributed by atoms with Crippen LogP contribution in [0, 0.1) is 0 Å². The van der Waals surface area contributed by atoms with Gasteiger partial charge in [0.05, 0.1) is 15.9 Å². The highest BCUT2D eigenvalue weighted by Gasteiger charge is 2.04. The Bertz CT molecular complexity index is 349. The number of benzene rings is 1. The van der Waals surface area contributed by atoms with Gasteiger partial charge in [0.25, 0.3) is 6.47 Å². The maximum absolute atomic E-state index is 11.2. The van der Waals surface area contributed by atoms with E-state index in [1.165, 1.54) is 0 Å². The van der Waals surface area contributed by atoms with E-state index in [9.17, 15) is 9.59 Å². The minimum absolute atomic E-state index is 0.124. The first-order valence-electron chi connectivity index (χ1n) is 4.43. The van der Waals surface area contributed by atoms with Crippen molar-refractivity contribution in [2.45, 2.75) is 6.42 Å². The van der Waals surface area contributed by atoms with E-state index in [2.05, 4.69) is 18.9 Å². The number of carbonyl (C=O) groups excluding carboxylic acids is 2. The molecule has 5 nitrogen and oxygen atoms in total. The van der Waals surface area contributed by atoms with Crippen LogP contribution in [0.2, 0.25) is 0 Å². The Kier molecular flexibility index (Phi) is 5.29. The predicted molar refractivity (Wildman–Crippen MR) is 58.6 cm³/mol. The summed E-state index contributed by atoms with van der Waals surface area (Å²) in [6.45, 7) is -0.131. The summed E-state index contributed by atoms with van der Waals surface area (Å²) < 4.78 is 13.7. The van der Waals surface area contributed by atoms with Gasteiger partial charge in [0.2, 0.25) is 6.79 Å². The van der Waals surface area contributed by atoms with Gasteiger partial charge in [-0.15, -0.1) is 0 Å². The summed E-state index contributed by atoms with van der Waals surface area (Å²) in [5.74, 6) is 0.229. The van der Waals surface area contributed by atoms with Crippen molar-refractivity contribution < 1.29 is 23.6 Å². The second kappa shape index (κ2) is 6.80. The molecule has 0 aliphatic carbocycles. The van der Waals surface area contributed by atoms with Crippen LogP contribution in [0.3, 0.4) is 0 Å². The van der Waals surface area contributed by atoms with E-state index in [4.69, 9.17) is 4.52 Å². The van der Waals surface area contributed by atoms with Gasteiger partial charge in [-0.05, 0) is 17.7 Å². The Labute approximate surface area is 95.0 Å². The van der Waals surface area contributed by atoms with Gasteiger partial charge in [-0.2, -0.15) is 0 Å². The molecule has 0 aliphatic heterocycles. The minimum Gasteiger partial charge on any atom is -0.480 e. The van der Waals surface area contributed by atoms with Crippen molar-refractivity contribution in [1.29, 1.82) is 0 Å². The van der Waals surface area contributed by atoms with Crippen LogP contribution in [-0.2, 0) is 25.5 Å². The van der Waals surface area contributed by atoms with E-state index in [0.29, 0.717) is 5.75 Å². The van der Waals surface area contributed by atoms with Crippen molar-refractivity contribution in [2.75, 3.05) is 6.79 Å². The number of rotatable bonds is 6. The average molecular weight is 242 g/mol. The topological polar surface area (TPSA) is 61.8 Å². The van der Waals surface area contributed by atoms with Crippen LogP contribution in [0.15, 0.2) is 24.3 Å². The summed E-state index contributed by atoms with van der Waals surface area (Å²) in [7, 11) is 2.13. The zero-order chi connectivity index (χ0) is 11.8. The molecule has 0 N–H and O–H groups in total. The molecule has 0 amide bonds. The molecule has 1 atom stereocenters. The normalized spacial score (nSPS) is 9.31. The molecule has 0 radical (unpaired) electrons. The first kappa shape index (κ1) is 12.5. The largest absolute Gasteiger partial charge is 0.480 e. The van der Waals surface area contributed by atoms with E-state index >= 15 is 0 Å². The quantitative estimate of drug-likeness (QED) is 0.245. The molecular formula is C10H11O5P. The van der Waals surface area contributed by atoms with Crippen LogP contribution in [0.1, 0.15) is 5.56 Å². The van der Waals surface area contributed by atoms with Gasteiger partial charge in [-0.1, -0.05) is 12.1 Å². The summed E-state index contributed by atoms with van der Waals surface area (Å²) in [4.78, 5) is 21.0. The molecular weight excluding hydrogens is 231 g/mol. The molecule has 1 aromatic rings. The summed E-state index contributed by atoms with van der Waals surface area (Å²) in [6.07, 6.45) is 0.124. The number of hydrogen-bond acceptors (Lipinski definition) is 5. The molecule has 16 heavy (non-hydrogen) atoms. The first-order chi connectivity index (χ1) is 7.76. The highest BCUT2D eigenvalue weighted by Crippen LogP contribution is 2.14. The van der Waals surface area contributed by atoms with Gasteiger partial charge < -0.3 is 14.0 Å². The van der Waals surface area contributed by atoms with E-state index in [-0.39, 0.29) is 19.7 Å². The lowest BCUT2D eigenvalue weighted by molar-refractivity contribution is -0.159. The highest BCUT2D eigenvalue weighted by molar-refractivity contribution is 7.10. The molecule has 0 bridgehead atoms. The molecule has 1 unspecified atom stereocenters. The second-order valence-electron chi connectivity index (χ2n) is 2.84. The third-order valence-corrected chi connectivity index (χ3v) is 2.04. The lowest BCUT2D eigenvalue weighted by Crippen LogP contribution is -2.10. The minimum atomic E-state index is -0.457. The molecule has 0 saturated heterocycles. The van der Waals surface area contributed by atoms with Crippen molar-refractivity contribution in [3.63, 3.8) is 0 Å². The Morgan fingerprint density at radius 3 is 2.56 bits per heavy atom. The standard InChI is InChI=1S/C10H11O5P/c11-6-13-7-14-10(12)5-8-1-3-9(15-16)4-2-8/h1-4,6H,5,7,16H2. The van der Waals surface area contributed by atoms with Crippen LogP contribution in [0.25, 0.3) is 0 Å². The summed E-state index contributed by atoms with van der Waals surface area (Å²) >= 11 is 0. The van der Waals surface area contributed by atoms with Crippen molar-refractivity contribution >= 4 is 21.9 Å². The Hall–Kier alpha value is -1.61. The maximum Gasteiger partial charge on any atom is 0.313 e. The number of ether oxygens (including phenoxy) is 2. The first-order valence-corrected chi connectivity index (χ1v) is 4.90. The number of esters is 1. The van der Waals surface area contributed by atoms with Crippen LogP contribution in [0.5, 0.6) is 5.75 Å². The zero-order valence-corrected chi connectivity index (χ0v) is 9.57. The molecule has 1 aromatic carbocycles. The van der Waals surface area contributed by atoms with Crippen molar-refractivity contribution in [3.05, 3.63) is 29.8 Å². The smallest absolute Gasteiger partial charge is 0.313 e. The molecule has 0 heterocycles. The van der Waals surface area contributed by atoms with Crippen LogP contribution in [0.4, 0.5) is 0 Å². The maximum atomic E-state index is 11.2. The lowest BCUT2D eigenvalue weighted by atomic mass is 10.1. The van der Waals surface area contributed by atoms with Gasteiger partial charge in [0, 0.05) is 0 Å². The Morgan fingerprint density at radius 1 is 1.31 bits per heavy atom. The highest BCUT2D eigenvalue weighted by atomic mass is 31.0. The van der Waals surface area contributed by atoms with Gasteiger partial charge in [-0.3, -0.25) is 9.59 Å². The summed E-state index contributed by atoms with van der Waals surface area (Å²) in [5, 5.41) is 0. The van der Waals surface area contributed by atoms with Gasteiger partial charge >= 0.3 is 5.97 Å². The molecule has 0 aliphatic rings. The van der Waals surface area contributed by atoms with E-state index in [0.717, 1.165) is 5.56 Å². The molecule has 0 aromatic heterocycles. The third-order valence-electron chi connectivity index (χ3n) is 1.76. The molecule has 0 saturated carbocycles. The Balaban J connectivity index is 2.40. The van der Waals surface area contributed by atoms with Gasteiger partial charge in [0.1, 0.15) is 5.75 Å². The zero-order valence-electron chi connectivity index (χ0n) is 8.42. The van der Waals surface area contributed by atoms with Crippen molar-refractivity contribution in [1.82, 2.24) is 0 Å². The fourth-order valence-electron chi connectivity index (χ4n) is 1.03. The molecule has 0 fully saturated rings. The lowest BCUT2D eigenvalue weighted by Gasteiger charge is -2.04. The van der Waals surface area contributed by atoms with Gasteiger partial charge in [0.15, 0.2) is 0 Å². The molecule has 6 heteroatoms. The second-order valence-corrected chi connectivity index (χ2v) is 3.07.